The van der Waals surface area contributed by atoms with Crippen LogP contribution in [0.2, 0.25) is 0 Å². The lowest BCUT2D eigenvalue weighted by molar-refractivity contribution is 0.0954. The molecule has 0 aliphatic heterocycles. The van der Waals surface area contributed by atoms with Crippen molar-refractivity contribution >= 4 is 27.5 Å². The molecule has 0 unspecified atom stereocenters. The van der Waals surface area contributed by atoms with Crippen molar-refractivity contribution in [2.24, 2.45) is 5.14 Å². The van der Waals surface area contributed by atoms with Crippen molar-refractivity contribution < 1.29 is 13.2 Å². The third-order valence-corrected chi connectivity index (χ3v) is 4.28. The second-order valence-corrected chi connectivity index (χ2v) is 6.38. The molecule has 106 valence electrons. The highest BCUT2D eigenvalue weighted by molar-refractivity contribution is 7.89. The number of nitrogens with two attached hydrogens (primary N) is 1. The van der Waals surface area contributed by atoms with Gasteiger partial charge in [0.15, 0.2) is 0 Å². The van der Waals surface area contributed by atoms with Crippen LogP contribution in [-0.4, -0.2) is 23.9 Å². The normalized spacial score (nSPS) is 11.3. The number of aryl methyl sites for hydroxylation is 1. The molecule has 0 aliphatic carbocycles. The van der Waals surface area contributed by atoms with Crippen LogP contribution >= 0.6 is 11.5 Å². The highest BCUT2D eigenvalue weighted by Gasteiger charge is 2.13. The van der Waals surface area contributed by atoms with Crippen LogP contribution in [0.4, 0.5) is 0 Å². The van der Waals surface area contributed by atoms with Gasteiger partial charge in [-0.05, 0) is 36.2 Å². The Labute approximate surface area is 120 Å². The first kappa shape index (κ1) is 14.6. The summed E-state index contributed by atoms with van der Waals surface area (Å²) in [4.78, 5) is 12.3. The number of amides is 1. The fourth-order valence-electron chi connectivity index (χ4n) is 1.53. The summed E-state index contributed by atoms with van der Waals surface area (Å²) < 4.78 is 26.1. The van der Waals surface area contributed by atoms with E-state index in [1.54, 1.807) is 19.1 Å². The molecular formula is C11H12N4O3S2. The first-order valence-electron chi connectivity index (χ1n) is 5.57. The second kappa shape index (κ2) is 5.65. The predicted molar refractivity (Wildman–Crippen MR) is 73.6 cm³/mol. The van der Waals surface area contributed by atoms with Gasteiger partial charge < -0.3 is 5.32 Å². The summed E-state index contributed by atoms with van der Waals surface area (Å²) in [6.45, 7) is 1.89. The van der Waals surface area contributed by atoms with Crippen molar-refractivity contribution in [1.82, 2.24) is 14.9 Å². The van der Waals surface area contributed by atoms with Gasteiger partial charge in [-0.3, -0.25) is 4.79 Å². The minimum Gasteiger partial charge on any atom is -0.347 e. The maximum atomic E-state index is 11.9. The Bertz CT molecular complexity index is 740. The van der Waals surface area contributed by atoms with Crippen molar-refractivity contribution in [3.05, 3.63) is 40.4 Å². The number of primary sulfonamides is 1. The van der Waals surface area contributed by atoms with Gasteiger partial charge >= 0.3 is 0 Å². The third-order valence-electron chi connectivity index (χ3n) is 2.54. The number of hydrogen-bond acceptors (Lipinski definition) is 6. The van der Waals surface area contributed by atoms with Crippen LogP contribution in [0.1, 0.15) is 20.9 Å². The van der Waals surface area contributed by atoms with E-state index in [0.29, 0.717) is 16.1 Å². The molecule has 7 nitrogen and oxygen atoms in total. The maximum Gasteiger partial charge on any atom is 0.265 e. The Hall–Kier alpha value is -1.84. The lowest BCUT2D eigenvalue weighted by atomic mass is 10.2. The molecule has 0 atom stereocenters. The van der Waals surface area contributed by atoms with Gasteiger partial charge in [0.25, 0.3) is 5.91 Å². The van der Waals surface area contributed by atoms with Crippen molar-refractivity contribution in [3.63, 3.8) is 0 Å². The summed E-state index contributed by atoms with van der Waals surface area (Å²) in [6, 6.07) is 6.10. The molecule has 0 radical (unpaired) electrons. The molecule has 1 heterocycles. The van der Waals surface area contributed by atoms with Crippen LogP contribution in [-0.2, 0) is 16.6 Å². The Morgan fingerprint density at radius 1 is 1.45 bits per heavy atom. The van der Waals surface area contributed by atoms with E-state index in [9.17, 15) is 13.2 Å². The summed E-state index contributed by atoms with van der Waals surface area (Å²) in [6.07, 6.45) is 0. The molecule has 3 N–H and O–H groups in total. The van der Waals surface area contributed by atoms with Crippen molar-refractivity contribution in [3.8, 4) is 0 Å². The van der Waals surface area contributed by atoms with E-state index in [4.69, 9.17) is 5.14 Å². The highest BCUT2D eigenvalue weighted by Crippen LogP contribution is 2.11. The quantitative estimate of drug-likeness (QED) is 0.849. The molecule has 1 aromatic carbocycles. The van der Waals surface area contributed by atoms with Gasteiger partial charge in [-0.25, -0.2) is 13.6 Å². The lowest BCUT2D eigenvalue weighted by Gasteiger charge is -2.05. The third kappa shape index (κ3) is 3.38. The van der Waals surface area contributed by atoms with Crippen LogP contribution in [0.3, 0.4) is 0 Å². The molecule has 2 rings (SSSR count). The number of nitrogens with zero attached hydrogens (tertiary/aromatic N) is 2. The average molecular weight is 312 g/mol. The van der Waals surface area contributed by atoms with E-state index >= 15 is 0 Å². The van der Waals surface area contributed by atoms with Gasteiger partial charge in [0.2, 0.25) is 10.0 Å². The molecule has 1 aromatic heterocycles. The van der Waals surface area contributed by atoms with Crippen LogP contribution in [0.15, 0.2) is 29.2 Å². The van der Waals surface area contributed by atoms with Gasteiger partial charge in [-0.1, -0.05) is 16.6 Å². The molecule has 1 amide bonds. The Morgan fingerprint density at radius 2 is 2.20 bits per heavy atom. The minimum absolute atomic E-state index is 0.0138. The van der Waals surface area contributed by atoms with E-state index in [-0.39, 0.29) is 17.3 Å². The zero-order valence-corrected chi connectivity index (χ0v) is 12.2. The molecule has 0 fully saturated rings. The summed E-state index contributed by atoms with van der Waals surface area (Å²) in [5.41, 5.74) is 1.20. The molecule has 0 spiro atoms. The van der Waals surface area contributed by atoms with Gasteiger partial charge in [-0.15, -0.1) is 5.10 Å². The molecule has 9 heteroatoms. The molecule has 0 saturated carbocycles. The molecule has 2 aromatic rings. The number of carbonyl (C=O) groups is 1. The summed E-state index contributed by atoms with van der Waals surface area (Å²) >= 11 is 1.01. The van der Waals surface area contributed by atoms with E-state index in [0.717, 1.165) is 11.5 Å². The largest absolute Gasteiger partial charge is 0.347 e. The number of carbonyl (C=O) groups excluding carboxylic acids is 1. The van der Waals surface area contributed by atoms with E-state index in [1.807, 2.05) is 0 Å². The standard InChI is InChI=1S/C11H12N4O3S2/c1-7-10(19-15-14-7)11(16)13-6-8-3-2-4-9(5-8)20(12,17)18/h2-5H,6H2,1H3,(H,13,16)(H2,12,17,18). The molecule has 20 heavy (non-hydrogen) atoms. The fraction of sp³-hybridized carbons (Fsp3) is 0.182. The van der Waals surface area contributed by atoms with E-state index in [2.05, 4.69) is 14.9 Å². The zero-order valence-electron chi connectivity index (χ0n) is 10.5. The Balaban J connectivity index is 2.09. The SMILES string of the molecule is Cc1nnsc1C(=O)NCc1cccc(S(N)(=O)=O)c1. The van der Waals surface area contributed by atoms with Crippen molar-refractivity contribution in [1.29, 1.82) is 0 Å². The smallest absolute Gasteiger partial charge is 0.265 e. The molecule has 0 aliphatic rings. The van der Waals surface area contributed by atoms with Crippen molar-refractivity contribution in [2.45, 2.75) is 18.4 Å². The number of hydrogen-bond donors (Lipinski definition) is 2. The molecule has 0 bridgehead atoms. The summed E-state index contributed by atoms with van der Waals surface area (Å²) in [5.74, 6) is -0.293. The van der Waals surface area contributed by atoms with Crippen molar-refractivity contribution in [2.75, 3.05) is 0 Å². The van der Waals surface area contributed by atoms with Gasteiger partial charge in [0.05, 0.1) is 10.6 Å². The second-order valence-electron chi connectivity index (χ2n) is 4.06. The lowest BCUT2D eigenvalue weighted by Crippen LogP contribution is -2.23. The maximum absolute atomic E-state index is 11.9. The average Bonchev–Trinajstić information content (AvgIpc) is 2.82. The van der Waals surface area contributed by atoms with Crippen LogP contribution in [0.5, 0.6) is 0 Å². The van der Waals surface area contributed by atoms with Gasteiger partial charge in [0, 0.05) is 6.54 Å². The minimum atomic E-state index is -3.74. The van der Waals surface area contributed by atoms with Gasteiger partial charge in [-0.2, -0.15) is 0 Å². The molecule has 0 saturated heterocycles. The first-order valence-corrected chi connectivity index (χ1v) is 7.89. The first-order chi connectivity index (χ1) is 9.38. The van der Waals surface area contributed by atoms with E-state index in [1.165, 1.54) is 12.1 Å². The van der Waals surface area contributed by atoms with Crippen LogP contribution in [0.25, 0.3) is 0 Å². The van der Waals surface area contributed by atoms with Crippen LogP contribution in [0, 0.1) is 6.92 Å². The molecular weight excluding hydrogens is 300 g/mol. The monoisotopic (exact) mass is 312 g/mol. The summed E-state index contributed by atoms with van der Waals surface area (Å²) in [7, 11) is -3.74. The van der Waals surface area contributed by atoms with Gasteiger partial charge in [0.1, 0.15) is 4.88 Å². The topological polar surface area (TPSA) is 115 Å². The number of nitrogens with one attached hydrogen (secondary N) is 1. The number of benzene rings is 1. The van der Waals surface area contributed by atoms with E-state index < -0.39 is 10.0 Å². The predicted octanol–water partition coefficient (Wildman–Crippen LogP) is 0.424. The summed E-state index contributed by atoms with van der Waals surface area (Å²) in [5, 5.41) is 11.5. The fourth-order valence-corrected chi connectivity index (χ4v) is 2.69. The Morgan fingerprint density at radius 3 is 2.80 bits per heavy atom. The van der Waals surface area contributed by atoms with Crippen LogP contribution < -0.4 is 10.5 Å². The number of rotatable bonds is 4. The number of aromatic nitrogens is 2. The zero-order chi connectivity index (χ0) is 14.8. The Kier molecular flexibility index (Phi) is 4.12. The highest BCUT2D eigenvalue weighted by atomic mass is 32.2. The number of sulfonamides is 1.